The molecule has 1 rings (SSSR count). The Balaban J connectivity index is 2.40. The highest BCUT2D eigenvalue weighted by Gasteiger charge is 2.26. The zero-order valence-electron chi connectivity index (χ0n) is 7.34. The van der Waals surface area contributed by atoms with Gasteiger partial charge in [0.25, 0.3) is 0 Å². The maximum atomic E-state index is 11.1. The Morgan fingerprint density at radius 2 is 2.25 bits per heavy atom. The number of hydrogen-bond acceptors (Lipinski definition) is 2. The van der Waals surface area contributed by atoms with E-state index in [0.717, 1.165) is 19.3 Å². The molecule has 1 amide bonds. The van der Waals surface area contributed by atoms with E-state index in [1.165, 1.54) is 0 Å². The first-order valence-electron chi connectivity index (χ1n) is 4.25. The normalized spacial score (nSPS) is 28.5. The minimum absolute atomic E-state index is 0.0609. The molecule has 0 bridgehead atoms. The first-order valence-corrected chi connectivity index (χ1v) is 4.25. The van der Waals surface area contributed by atoms with Crippen molar-refractivity contribution in [2.45, 2.75) is 38.3 Å². The predicted molar refractivity (Wildman–Crippen MR) is 46.6 cm³/mol. The van der Waals surface area contributed by atoms with Gasteiger partial charge in [-0.3, -0.25) is 4.79 Å². The number of aliphatic hydroxyl groups is 1. The summed E-state index contributed by atoms with van der Waals surface area (Å²) < 4.78 is 0. The molecule has 1 aliphatic rings. The summed E-state index contributed by atoms with van der Waals surface area (Å²) in [5.41, 5.74) is 0.495. The number of amides is 1. The van der Waals surface area contributed by atoms with E-state index in [1.54, 1.807) is 6.92 Å². The van der Waals surface area contributed by atoms with Crippen LogP contribution in [-0.4, -0.2) is 23.2 Å². The molecule has 0 heterocycles. The Morgan fingerprint density at radius 1 is 1.58 bits per heavy atom. The largest absolute Gasteiger partial charge is 0.391 e. The lowest BCUT2D eigenvalue weighted by molar-refractivity contribution is -0.118. The number of aliphatic hydroxyl groups excluding tert-OH is 1. The van der Waals surface area contributed by atoms with Crippen molar-refractivity contribution in [2.24, 2.45) is 0 Å². The molecule has 3 nitrogen and oxygen atoms in total. The topological polar surface area (TPSA) is 49.3 Å². The highest BCUT2D eigenvalue weighted by molar-refractivity contribution is 5.92. The van der Waals surface area contributed by atoms with Gasteiger partial charge in [0.15, 0.2) is 0 Å². The number of rotatable bonds is 2. The van der Waals surface area contributed by atoms with Crippen molar-refractivity contribution in [1.29, 1.82) is 0 Å². The molecule has 0 aliphatic heterocycles. The summed E-state index contributed by atoms with van der Waals surface area (Å²) in [5, 5.41) is 12.1. The molecule has 12 heavy (non-hydrogen) atoms. The molecule has 0 radical (unpaired) electrons. The second-order valence-corrected chi connectivity index (χ2v) is 3.36. The zero-order chi connectivity index (χ0) is 9.14. The molecule has 2 atom stereocenters. The molecular formula is C9H15NO2. The Labute approximate surface area is 72.5 Å². The minimum Gasteiger partial charge on any atom is -0.391 e. The van der Waals surface area contributed by atoms with Gasteiger partial charge in [-0.2, -0.15) is 0 Å². The van der Waals surface area contributed by atoms with Gasteiger partial charge in [-0.25, -0.2) is 0 Å². The Bertz CT molecular complexity index is 201. The van der Waals surface area contributed by atoms with Gasteiger partial charge >= 0.3 is 0 Å². The first-order chi connectivity index (χ1) is 5.61. The van der Waals surface area contributed by atoms with Crippen molar-refractivity contribution in [2.75, 3.05) is 0 Å². The van der Waals surface area contributed by atoms with Crippen LogP contribution in [0.1, 0.15) is 26.2 Å². The van der Waals surface area contributed by atoms with Gasteiger partial charge in [0.05, 0.1) is 12.1 Å². The number of carbonyl (C=O) groups excluding carboxylic acids is 1. The van der Waals surface area contributed by atoms with Crippen LogP contribution in [-0.2, 0) is 4.79 Å². The van der Waals surface area contributed by atoms with Crippen molar-refractivity contribution < 1.29 is 9.90 Å². The molecule has 1 aliphatic carbocycles. The molecular weight excluding hydrogens is 154 g/mol. The molecule has 0 unspecified atom stereocenters. The monoisotopic (exact) mass is 169 g/mol. The van der Waals surface area contributed by atoms with Crippen LogP contribution in [0.3, 0.4) is 0 Å². The number of nitrogens with one attached hydrogen (secondary N) is 1. The summed E-state index contributed by atoms with van der Waals surface area (Å²) in [6, 6.07) is -0.0609. The Morgan fingerprint density at radius 3 is 2.67 bits per heavy atom. The summed E-state index contributed by atoms with van der Waals surface area (Å²) in [5.74, 6) is -0.152. The summed E-state index contributed by atoms with van der Waals surface area (Å²) >= 11 is 0. The quantitative estimate of drug-likeness (QED) is 0.594. The van der Waals surface area contributed by atoms with Gasteiger partial charge in [0.1, 0.15) is 0 Å². The average Bonchev–Trinajstić information content (AvgIpc) is 2.36. The van der Waals surface area contributed by atoms with Crippen LogP contribution in [0.5, 0.6) is 0 Å². The smallest absolute Gasteiger partial charge is 0.246 e. The third kappa shape index (κ3) is 2.08. The van der Waals surface area contributed by atoms with E-state index in [4.69, 9.17) is 0 Å². The van der Waals surface area contributed by atoms with Crippen LogP contribution < -0.4 is 5.32 Å². The average molecular weight is 169 g/mol. The van der Waals surface area contributed by atoms with E-state index in [9.17, 15) is 9.90 Å². The van der Waals surface area contributed by atoms with Crippen LogP contribution in [0.2, 0.25) is 0 Å². The third-order valence-corrected chi connectivity index (χ3v) is 2.18. The van der Waals surface area contributed by atoms with Gasteiger partial charge in [-0.15, -0.1) is 0 Å². The van der Waals surface area contributed by atoms with Gasteiger partial charge < -0.3 is 10.4 Å². The van der Waals surface area contributed by atoms with E-state index >= 15 is 0 Å². The highest BCUT2D eigenvalue weighted by atomic mass is 16.3. The standard InChI is InChI=1S/C9H15NO2/c1-6(2)9(12)10-7-4-3-5-8(7)11/h7-8,11H,1,3-5H2,2H3,(H,10,12)/t7-,8-/m0/s1. The highest BCUT2D eigenvalue weighted by Crippen LogP contribution is 2.18. The van der Waals surface area contributed by atoms with Crippen molar-refractivity contribution >= 4 is 5.91 Å². The summed E-state index contributed by atoms with van der Waals surface area (Å²) in [6.45, 7) is 5.19. The van der Waals surface area contributed by atoms with Crippen LogP contribution in [0.15, 0.2) is 12.2 Å². The molecule has 68 valence electrons. The van der Waals surface area contributed by atoms with E-state index in [2.05, 4.69) is 11.9 Å². The van der Waals surface area contributed by atoms with Gasteiger partial charge in [-0.1, -0.05) is 6.58 Å². The SMILES string of the molecule is C=C(C)C(=O)N[C@H]1CCC[C@@H]1O. The number of carbonyl (C=O) groups is 1. The fourth-order valence-electron chi connectivity index (χ4n) is 1.40. The van der Waals surface area contributed by atoms with Crippen molar-refractivity contribution in [3.63, 3.8) is 0 Å². The van der Waals surface area contributed by atoms with Crippen molar-refractivity contribution in [1.82, 2.24) is 5.32 Å². The number of hydrogen-bond donors (Lipinski definition) is 2. The van der Waals surface area contributed by atoms with Crippen LogP contribution >= 0.6 is 0 Å². The maximum Gasteiger partial charge on any atom is 0.246 e. The minimum atomic E-state index is -0.367. The summed E-state index contributed by atoms with van der Waals surface area (Å²) in [4.78, 5) is 11.1. The van der Waals surface area contributed by atoms with E-state index in [1.807, 2.05) is 0 Å². The summed E-state index contributed by atoms with van der Waals surface area (Å²) in [7, 11) is 0. The van der Waals surface area contributed by atoms with E-state index < -0.39 is 0 Å². The third-order valence-electron chi connectivity index (χ3n) is 2.18. The zero-order valence-corrected chi connectivity index (χ0v) is 7.34. The second kappa shape index (κ2) is 3.72. The van der Waals surface area contributed by atoms with Gasteiger partial charge in [0, 0.05) is 5.57 Å². The second-order valence-electron chi connectivity index (χ2n) is 3.36. The van der Waals surface area contributed by atoms with Crippen LogP contribution in [0, 0.1) is 0 Å². The predicted octanol–water partition coefficient (Wildman–Crippen LogP) is 0.592. The lowest BCUT2D eigenvalue weighted by atomic mass is 10.2. The summed E-state index contributed by atoms with van der Waals surface area (Å²) in [6.07, 6.45) is 2.29. The maximum absolute atomic E-state index is 11.1. The molecule has 1 fully saturated rings. The Hall–Kier alpha value is -0.830. The van der Waals surface area contributed by atoms with Crippen LogP contribution in [0.4, 0.5) is 0 Å². The fourth-order valence-corrected chi connectivity index (χ4v) is 1.40. The van der Waals surface area contributed by atoms with Gasteiger partial charge in [0.2, 0.25) is 5.91 Å². The van der Waals surface area contributed by atoms with E-state index in [-0.39, 0.29) is 18.1 Å². The lowest BCUT2D eigenvalue weighted by Gasteiger charge is -2.15. The van der Waals surface area contributed by atoms with Crippen LogP contribution in [0.25, 0.3) is 0 Å². The molecule has 1 saturated carbocycles. The lowest BCUT2D eigenvalue weighted by Crippen LogP contribution is -2.40. The molecule has 0 saturated heterocycles. The van der Waals surface area contributed by atoms with E-state index in [0.29, 0.717) is 5.57 Å². The molecule has 3 heteroatoms. The first kappa shape index (κ1) is 9.26. The van der Waals surface area contributed by atoms with Crippen molar-refractivity contribution in [3.8, 4) is 0 Å². The molecule has 2 N–H and O–H groups in total. The molecule has 0 spiro atoms. The van der Waals surface area contributed by atoms with Crippen molar-refractivity contribution in [3.05, 3.63) is 12.2 Å². The Kier molecular flexibility index (Phi) is 2.87. The molecule has 0 aromatic rings. The molecule has 0 aromatic heterocycles. The van der Waals surface area contributed by atoms with Gasteiger partial charge in [-0.05, 0) is 26.2 Å². The fraction of sp³-hybridized carbons (Fsp3) is 0.667. The molecule has 0 aromatic carbocycles.